The van der Waals surface area contributed by atoms with E-state index in [9.17, 15) is 4.79 Å². The quantitative estimate of drug-likeness (QED) is 0.649. The van der Waals surface area contributed by atoms with E-state index in [1.807, 2.05) is 39.8 Å². The summed E-state index contributed by atoms with van der Waals surface area (Å²) >= 11 is 1.45. The highest BCUT2D eigenvalue weighted by Crippen LogP contribution is 2.29. The van der Waals surface area contributed by atoms with Gasteiger partial charge in [0.25, 0.3) is 5.56 Å². The Hall–Kier alpha value is -1.86. The van der Waals surface area contributed by atoms with Gasteiger partial charge in [-0.2, -0.15) is 4.98 Å². The fourth-order valence-corrected chi connectivity index (χ4v) is 3.29. The van der Waals surface area contributed by atoms with E-state index < -0.39 is 5.60 Å². The minimum atomic E-state index is -0.473. The van der Waals surface area contributed by atoms with Gasteiger partial charge in [0.15, 0.2) is 5.16 Å². The molecule has 0 fully saturated rings. The highest BCUT2D eigenvalue weighted by atomic mass is 32.2. The van der Waals surface area contributed by atoms with Crippen LogP contribution in [0.1, 0.15) is 44.5 Å². The number of ether oxygens (including phenoxy) is 2. The van der Waals surface area contributed by atoms with Gasteiger partial charge in [-0.25, -0.2) is 0 Å². The van der Waals surface area contributed by atoms with Crippen molar-refractivity contribution in [1.29, 1.82) is 0 Å². The predicted molar refractivity (Wildman–Crippen MR) is 99.2 cm³/mol. The van der Waals surface area contributed by atoms with Crippen LogP contribution in [-0.4, -0.2) is 28.7 Å². The summed E-state index contributed by atoms with van der Waals surface area (Å²) in [7, 11) is 1.67. The minimum Gasteiger partial charge on any atom is -0.477 e. The molecule has 2 aromatic heterocycles. The Kier molecular flexibility index (Phi) is 6.61. The smallest absolute Gasteiger partial charge is 0.258 e. The Morgan fingerprint density at radius 1 is 1.40 bits per heavy atom. The van der Waals surface area contributed by atoms with Crippen LogP contribution in [-0.2, 0) is 22.5 Å². The number of hydrogen-bond acceptors (Lipinski definition) is 6. The van der Waals surface area contributed by atoms with Gasteiger partial charge in [0.1, 0.15) is 5.60 Å². The Bertz CT molecular complexity index is 774. The lowest BCUT2D eigenvalue weighted by Crippen LogP contribution is -2.23. The first kappa shape index (κ1) is 19.5. The molecule has 6 nitrogen and oxygen atoms in total. The summed E-state index contributed by atoms with van der Waals surface area (Å²) in [6.45, 7) is 8.48. The van der Waals surface area contributed by atoms with E-state index in [0.29, 0.717) is 35.4 Å². The van der Waals surface area contributed by atoms with Gasteiger partial charge in [-0.1, -0.05) is 31.7 Å². The molecule has 25 heavy (non-hydrogen) atoms. The van der Waals surface area contributed by atoms with Gasteiger partial charge < -0.3 is 14.5 Å². The molecule has 0 amide bonds. The summed E-state index contributed by atoms with van der Waals surface area (Å²) in [6.07, 6.45) is 2.38. The molecule has 0 saturated heterocycles. The standard InChI is InChI=1S/C16H19N3O3S.C2H6/c1-16(2,21-3)12-10(5-4-7-17-12)9-23-15-18-13(20)11-6-8-22-14(11)19-15;1-2/h4-5,7H,6,8-9H2,1-3H3,(H,18,19,20);1-2H3. The van der Waals surface area contributed by atoms with E-state index >= 15 is 0 Å². The Morgan fingerprint density at radius 3 is 2.88 bits per heavy atom. The van der Waals surface area contributed by atoms with Gasteiger partial charge in [-0.3, -0.25) is 9.78 Å². The van der Waals surface area contributed by atoms with Crippen molar-refractivity contribution in [2.45, 2.75) is 50.6 Å². The van der Waals surface area contributed by atoms with Crippen molar-refractivity contribution in [3.05, 3.63) is 45.5 Å². The highest BCUT2D eigenvalue weighted by molar-refractivity contribution is 7.98. The van der Waals surface area contributed by atoms with Crippen molar-refractivity contribution in [1.82, 2.24) is 15.0 Å². The molecule has 1 aliphatic heterocycles. The number of thioether (sulfide) groups is 1. The van der Waals surface area contributed by atoms with Crippen LogP contribution in [0, 0.1) is 0 Å². The lowest BCUT2D eigenvalue weighted by Gasteiger charge is -2.24. The highest BCUT2D eigenvalue weighted by Gasteiger charge is 2.25. The van der Waals surface area contributed by atoms with Crippen LogP contribution >= 0.6 is 11.8 Å². The maximum absolute atomic E-state index is 12.0. The van der Waals surface area contributed by atoms with Gasteiger partial charge in [-0.15, -0.1) is 0 Å². The molecule has 1 aliphatic rings. The lowest BCUT2D eigenvalue weighted by molar-refractivity contribution is 0.0149. The number of methoxy groups -OCH3 is 1. The van der Waals surface area contributed by atoms with Crippen molar-refractivity contribution < 1.29 is 9.47 Å². The summed E-state index contributed by atoms with van der Waals surface area (Å²) < 4.78 is 10.9. The zero-order valence-electron chi connectivity index (χ0n) is 15.4. The molecule has 0 aliphatic carbocycles. The third kappa shape index (κ3) is 4.41. The van der Waals surface area contributed by atoms with Crippen LogP contribution in [0.15, 0.2) is 28.3 Å². The maximum atomic E-state index is 12.0. The van der Waals surface area contributed by atoms with E-state index in [2.05, 4.69) is 15.0 Å². The van der Waals surface area contributed by atoms with E-state index in [1.165, 1.54) is 11.8 Å². The molecule has 3 rings (SSSR count). The Labute approximate surface area is 152 Å². The summed E-state index contributed by atoms with van der Waals surface area (Å²) in [5, 5.41) is 0.556. The predicted octanol–water partition coefficient (Wildman–Crippen LogP) is 3.30. The van der Waals surface area contributed by atoms with Gasteiger partial charge in [0, 0.05) is 25.5 Å². The number of nitrogens with one attached hydrogen (secondary N) is 1. The van der Waals surface area contributed by atoms with E-state index in [-0.39, 0.29) is 5.56 Å². The van der Waals surface area contributed by atoms with Crippen molar-refractivity contribution in [2.24, 2.45) is 0 Å². The van der Waals surface area contributed by atoms with Crippen LogP contribution in [0.2, 0.25) is 0 Å². The van der Waals surface area contributed by atoms with Gasteiger partial charge >= 0.3 is 0 Å². The van der Waals surface area contributed by atoms with Crippen molar-refractivity contribution in [2.75, 3.05) is 13.7 Å². The third-order valence-corrected chi connectivity index (χ3v) is 4.81. The zero-order chi connectivity index (χ0) is 18.4. The Morgan fingerprint density at radius 2 is 2.16 bits per heavy atom. The summed E-state index contributed by atoms with van der Waals surface area (Å²) in [5.41, 5.74) is 1.98. The topological polar surface area (TPSA) is 77.1 Å². The van der Waals surface area contributed by atoms with Crippen LogP contribution in [0.25, 0.3) is 0 Å². The van der Waals surface area contributed by atoms with Gasteiger partial charge in [0.05, 0.1) is 17.9 Å². The largest absolute Gasteiger partial charge is 0.477 e. The van der Waals surface area contributed by atoms with Crippen LogP contribution in [0.4, 0.5) is 0 Å². The van der Waals surface area contributed by atoms with Gasteiger partial charge in [-0.05, 0) is 25.5 Å². The van der Waals surface area contributed by atoms with Crippen molar-refractivity contribution >= 4 is 11.8 Å². The normalized spacial score (nSPS) is 12.8. The number of pyridine rings is 1. The second-order valence-electron chi connectivity index (χ2n) is 5.77. The third-order valence-electron chi connectivity index (χ3n) is 3.88. The zero-order valence-corrected chi connectivity index (χ0v) is 16.2. The van der Waals surface area contributed by atoms with Crippen LogP contribution in [0.5, 0.6) is 5.88 Å². The average Bonchev–Trinajstić information content (AvgIpc) is 3.11. The molecule has 0 unspecified atom stereocenters. The summed E-state index contributed by atoms with van der Waals surface area (Å²) in [5.74, 6) is 1.09. The molecule has 1 N–H and O–H groups in total. The molecule has 0 radical (unpaired) electrons. The maximum Gasteiger partial charge on any atom is 0.258 e. The lowest BCUT2D eigenvalue weighted by atomic mass is 10.00. The fraction of sp³-hybridized carbons (Fsp3) is 0.500. The first-order valence-electron chi connectivity index (χ1n) is 8.39. The molecule has 0 saturated carbocycles. The molecule has 0 bridgehead atoms. The molecule has 0 aromatic carbocycles. The van der Waals surface area contributed by atoms with Crippen molar-refractivity contribution in [3.8, 4) is 5.88 Å². The number of hydrogen-bond donors (Lipinski definition) is 1. The van der Waals surface area contributed by atoms with Crippen molar-refractivity contribution in [3.63, 3.8) is 0 Å². The van der Waals surface area contributed by atoms with E-state index in [1.54, 1.807) is 13.3 Å². The first-order valence-corrected chi connectivity index (χ1v) is 9.38. The molecule has 7 heteroatoms. The van der Waals surface area contributed by atoms with E-state index in [0.717, 1.165) is 11.3 Å². The number of H-pyrrole nitrogens is 1. The molecule has 0 atom stereocenters. The molecular formula is C18H25N3O3S. The molecule has 0 spiro atoms. The number of fused-ring (bicyclic) bond motifs is 1. The number of aromatic amines is 1. The van der Waals surface area contributed by atoms with Crippen LogP contribution in [0.3, 0.4) is 0 Å². The number of rotatable bonds is 5. The second-order valence-corrected chi connectivity index (χ2v) is 6.73. The summed E-state index contributed by atoms with van der Waals surface area (Å²) in [6, 6.07) is 3.91. The first-order chi connectivity index (χ1) is 12.0. The summed E-state index contributed by atoms with van der Waals surface area (Å²) in [4.78, 5) is 23.6. The average molecular weight is 363 g/mol. The molecule has 3 heterocycles. The SMILES string of the molecule is CC.COC(C)(C)c1ncccc1CSc1nc2c(c(=O)[nH]1)CCO2. The van der Waals surface area contributed by atoms with Gasteiger partial charge in [0.2, 0.25) is 5.88 Å². The number of aromatic nitrogens is 3. The van der Waals surface area contributed by atoms with E-state index in [4.69, 9.17) is 9.47 Å². The fourth-order valence-electron chi connectivity index (χ4n) is 2.46. The number of nitrogens with zero attached hydrogens (tertiary/aromatic N) is 2. The molecule has 136 valence electrons. The molecular weight excluding hydrogens is 338 g/mol. The minimum absolute atomic E-state index is 0.112. The second kappa shape index (κ2) is 8.49. The molecule has 2 aromatic rings. The van der Waals surface area contributed by atoms with Crippen LogP contribution < -0.4 is 10.3 Å². The monoisotopic (exact) mass is 363 g/mol. The Balaban J connectivity index is 0.00000109.